The average Bonchev–Trinajstić information content (AvgIpc) is 3.07. The van der Waals surface area contributed by atoms with Crippen LogP contribution in [0.5, 0.6) is 0 Å². The number of aromatic amines is 1. The van der Waals surface area contributed by atoms with Crippen molar-refractivity contribution in [1.82, 2.24) is 14.9 Å². The van der Waals surface area contributed by atoms with Gasteiger partial charge in [0, 0.05) is 12.6 Å². The minimum Gasteiger partial charge on any atom is -0.390 e. The number of nitrogens with zero attached hydrogens (tertiary/aromatic N) is 1. The molecule has 1 fully saturated rings. The van der Waals surface area contributed by atoms with Gasteiger partial charge in [-0.2, -0.15) is 21.8 Å². The van der Waals surface area contributed by atoms with Crippen molar-refractivity contribution in [2.24, 2.45) is 0 Å². The summed E-state index contributed by atoms with van der Waals surface area (Å²) in [4.78, 5) is 72.2. The normalized spacial score (nSPS) is 23.1. The minimum atomic E-state index is -5.79. The highest BCUT2D eigenvalue weighted by atomic mass is 31.3. The molecule has 0 aliphatic carbocycles. The van der Waals surface area contributed by atoms with Crippen LogP contribution in [-0.4, -0.2) is 71.7 Å². The van der Waals surface area contributed by atoms with Crippen molar-refractivity contribution < 1.29 is 74.2 Å². The average molecular weight is 617 g/mol. The van der Waals surface area contributed by atoms with Crippen LogP contribution in [0.25, 0.3) is 0 Å². The molecular formula is C14H17F3N3O15P3. The summed E-state index contributed by atoms with van der Waals surface area (Å²) in [5.74, 6) is 1.92. The number of halogens is 3. The highest BCUT2D eigenvalue weighted by Gasteiger charge is 2.43. The number of phosphoric acid groups is 3. The SMILES string of the molecule is O=C(NCC#Cc1cn([C@H]2C[C@H](O)[C@@H](COP(=O)(O)OP(=O)(O)OP(=O)(O)O)O2)c(=O)[nH]c1=O)C(F)(F)F. The number of carbonyl (C=O) groups is 1. The number of hydrogen-bond acceptors (Lipinski definition) is 11. The van der Waals surface area contributed by atoms with Gasteiger partial charge in [0.25, 0.3) is 5.56 Å². The summed E-state index contributed by atoms with van der Waals surface area (Å²) in [6.45, 7) is -1.84. The maximum absolute atomic E-state index is 12.2. The zero-order chi connectivity index (χ0) is 29.1. The number of hydrogen-bond donors (Lipinski definition) is 7. The Morgan fingerprint density at radius 1 is 1.18 bits per heavy atom. The predicted molar refractivity (Wildman–Crippen MR) is 112 cm³/mol. The van der Waals surface area contributed by atoms with Crippen LogP contribution in [-0.2, 0) is 36.4 Å². The van der Waals surface area contributed by atoms with Gasteiger partial charge in [0.05, 0.1) is 19.3 Å². The fourth-order valence-corrected chi connectivity index (χ4v) is 5.69. The fraction of sp³-hybridized carbons (Fsp3) is 0.500. The molecule has 214 valence electrons. The van der Waals surface area contributed by atoms with E-state index in [0.717, 1.165) is 6.20 Å². The maximum atomic E-state index is 12.2. The van der Waals surface area contributed by atoms with Crippen LogP contribution in [0.2, 0.25) is 0 Å². The second-order valence-electron chi connectivity index (χ2n) is 7.01. The van der Waals surface area contributed by atoms with Crippen LogP contribution in [0, 0.1) is 11.8 Å². The van der Waals surface area contributed by atoms with E-state index in [1.807, 2.05) is 4.98 Å². The summed E-state index contributed by atoms with van der Waals surface area (Å²) in [7, 11) is -16.9. The number of alkyl halides is 3. The number of amides is 1. The van der Waals surface area contributed by atoms with Crippen molar-refractivity contribution in [1.29, 1.82) is 0 Å². The predicted octanol–water partition coefficient (Wildman–Crippen LogP) is -1.44. The van der Waals surface area contributed by atoms with Crippen molar-refractivity contribution in [3.63, 3.8) is 0 Å². The van der Waals surface area contributed by atoms with Gasteiger partial charge in [0.15, 0.2) is 0 Å². The fourth-order valence-electron chi connectivity index (χ4n) is 2.66. The highest BCUT2D eigenvalue weighted by Crippen LogP contribution is 2.66. The first-order chi connectivity index (χ1) is 17.2. The Morgan fingerprint density at radius 3 is 2.39 bits per heavy atom. The topological polar surface area (TPSA) is 273 Å². The second kappa shape index (κ2) is 11.9. The minimum absolute atomic E-state index is 0.398. The maximum Gasteiger partial charge on any atom is 0.490 e. The first kappa shape index (κ1) is 32.0. The quantitative estimate of drug-likeness (QED) is 0.123. The van der Waals surface area contributed by atoms with Crippen molar-refractivity contribution in [2.75, 3.05) is 13.2 Å². The molecule has 2 heterocycles. The van der Waals surface area contributed by atoms with E-state index in [1.165, 1.54) is 5.32 Å². The smallest absolute Gasteiger partial charge is 0.390 e. The lowest BCUT2D eigenvalue weighted by Gasteiger charge is -2.19. The van der Waals surface area contributed by atoms with Gasteiger partial charge < -0.3 is 34.7 Å². The van der Waals surface area contributed by atoms with Gasteiger partial charge in [-0.1, -0.05) is 11.8 Å². The van der Waals surface area contributed by atoms with E-state index in [0.29, 0.717) is 4.57 Å². The van der Waals surface area contributed by atoms with Crippen molar-refractivity contribution in [3.8, 4) is 11.8 Å². The van der Waals surface area contributed by atoms with Gasteiger partial charge in [0.2, 0.25) is 0 Å². The Morgan fingerprint density at radius 2 is 1.82 bits per heavy atom. The summed E-state index contributed by atoms with van der Waals surface area (Å²) in [6, 6.07) is 0. The van der Waals surface area contributed by atoms with E-state index < -0.39 is 90.4 Å². The molecule has 0 spiro atoms. The Hall–Kier alpha value is -2.17. The third kappa shape index (κ3) is 9.85. The molecule has 0 bridgehead atoms. The van der Waals surface area contributed by atoms with Gasteiger partial charge in [-0.15, -0.1) is 0 Å². The van der Waals surface area contributed by atoms with E-state index in [9.17, 15) is 51.2 Å². The molecule has 0 saturated carbocycles. The van der Waals surface area contributed by atoms with Crippen LogP contribution < -0.4 is 16.6 Å². The molecule has 1 amide bonds. The molecule has 1 aliphatic rings. The molecule has 0 aromatic carbocycles. The third-order valence-electron chi connectivity index (χ3n) is 4.12. The van der Waals surface area contributed by atoms with Gasteiger partial charge in [0.1, 0.15) is 17.9 Å². The molecule has 1 saturated heterocycles. The summed E-state index contributed by atoms with van der Waals surface area (Å²) in [6.07, 6.45) is -9.12. The molecule has 24 heteroatoms. The summed E-state index contributed by atoms with van der Waals surface area (Å²) < 4.78 is 87.6. The van der Waals surface area contributed by atoms with E-state index in [4.69, 9.17) is 19.4 Å². The molecule has 7 N–H and O–H groups in total. The number of carbonyl (C=O) groups excluding carboxylic acids is 1. The lowest BCUT2D eigenvalue weighted by Crippen LogP contribution is -2.37. The number of aliphatic hydroxyl groups excluding tert-OH is 1. The first-order valence-electron chi connectivity index (χ1n) is 9.50. The number of phosphoric ester groups is 1. The van der Waals surface area contributed by atoms with Crippen molar-refractivity contribution >= 4 is 29.4 Å². The van der Waals surface area contributed by atoms with E-state index in [2.05, 4.69) is 25.0 Å². The van der Waals surface area contributed by atoms with E-state index in [-0.39, 0.29) is 0 Å². The molecule has 5 atom stereocenters. The van der Waals surface area contributed by atoms with Crippen LogP contribution >= 0.6 is 23.5 Å². The van der Waals surface area contributed by atoms with E-state index >= 15 is 0 Å². The monoisotopic (exact) mass is 617 g/mol. The zero-order valence-electron chi connectivity index (χ0n) is 18.2. The lowest BCUT2D eigenvalue weighted by molar-refractivity contribution is -0.173. The Bertz CT molecular complexity index is 1380. The summed E-state index contributed by atoms with van der Waals surface area (Å²) in [5, 5.41) is 11.5. The molecule has 38 heavy (non-hydrogen) atoms. The number of ether oxygens (including phenoxy) is 1. The molecule has 1 aromatic heterocycles. The summed E-state index contributed by atoms with van der Waals surface area (Å²) >= 11 is 0. The molecule has 1 aromatic rings. The number of nitrogens with one attached hydrogen (secondary N) is 2. The van der Waals surface area contributed by atoms with Gasteiger partial charge >= 0.3 is 41.2 Å². The van der Waals surface area contributed by atoms with Gasteiger partial charge in [-0.25, -0.2) is 18.5 Å². The second-order valence-corrected chi connectivity index (χ2v) is 11.4. The third-order valence-corrected chi connectivity index (χ3v) is 7.92. The van der Waals surface area contributed by atoms with Crippen LogP contribution in [0.15, 0.2) is 15.8 Å². The number of H-pyrrole nitrogens is 1. The molecule has 18 nitrogen and oxygen atoms in total. The Kier molecular flexibility index (Phi) is 10.1. The van der Waals surface area contributed by atoms with E-state index in [1.54, 1.807) is 0 Å². The van der Waals surface area contributed by atoms with Crippen LogP contribution in [0.3, 0.4) is 0 Å². The van der Waals surface area contributed by atoms with Gasteiger partial charge in [-0.3, -0.25) is 23.7 Å². The first-order valence-corrected chi connectivity index (χ1v) is 14.0. The van der Waals surface area contributed by atoms with Crippen molar-refractivity contribution in [2.45, 2.75) is 31.0 Å². The van der Waals surface area contributed by atoms with Crippen LogP contribution in [0.4, 0.5) is 13.2 Å². The number of aromatic nitrogens is 2. The van der Waals surface area contributed by atoms with Gasteiger partial charge in [-0.05, 0) is 0 Å². The number of rotatable bonds is 9. The largest absolute Gasteiger partial charge is 0.490 e. The molecule has 0 radical (unpaired) electrons. The van der Waals surface area contributed by atoms with Crippen molar-refractivity contribution in [3.05, 3.63) is 32.6 Å². The lowest BCUT2D eigenvalue weighted by atomic mass is 10.2. The molecule has 2 rings (SSSR count). The number of aliphatic hydroxyl groups is 1. The Labute approximate surface area is 207 Å². The van der Waals surface area contributed by atoms with Crippen LogP contribution in [0.1, 0.15) is 18.2 Å². The molecule has 2 unspecified atom stereocenters. The summed E-state index contributed by atoms with van der Waals surface area (Å²) in [5.41, 5.74) is -2.60. The molecule has 1 aliphatic heterocycles. The molecular weight excluding hydrogens is 600 g/mol. The standard InChI is InChI=1S/C14H17F3N3O15P3/c15-14(16,17)12(23)18-3-1-2-7-5-20(13(24)19-11(7)22)10-4-8(21)9(33-10)6-32-37(28,29)35-38(30,31)34-36(25,26)27/h5,8-10,21H,3-4,6H2,(H,18,23)(H,28,29)(H,30,31)(H,19,22,24)(H2,25,26,27)/t8-,9+,10+/m0/s1. The zero-order valence-corrected chi connectivity index (χ0v) is 20.9. The highest BCUT2D eigenvalue weighted by molar-refractivity contribution is 7.66. The Balaban J connectivity index is 2.08.